The number of aromatic nitrogens is 1. The third kappa shape index (κ3) is 4.35. The second-order valence-corrected chi connectivity index (χ2v) is 10.0. The molecule has 6 rings (SSSR count). The van der Waals surface area contributed by atoms with Crippen molar-refractivity contribution in [3.8, 4) is 16.9 Å². The predicted molar refractivity (Wildman–Crippen MR) is 141 cm³/mol. The number of nitrogens with zero attached hydrogens (tertiary/aromatic N) is 2. The lowest BCUT2D eigenvalue weighted by Crippen LogP contribution is -2.49. The van der Waals surface area contributed by atoms with Gasteiger partial charge in [0.1, 0.15) is 11.3 Å². The number of pyridine rings is 1. The highest BCUT2D eigenvalue weighted by Gasteiger charge is 2.36. The highest BCUT2D eigenvalue weighted by molar-refractivity contribution is 5.94. The lowest BCUT2D eigenvalue weighted by atomic mass is 9.83. The van der Waals surface area contributed by atoms with Crippen molar-refractivity contribution in [2.45, 2.75) is 31.7 Å². The number of hydrogen-bond donors (Lipinski definition) is 0. The second-order valence-electron chi connectivity index (χ2n) is 10.0. The van der Waals surface area contributed by atoms with Gasteiger partial charge >= 0.3 is 5.63 Å². The van der Waals surface area contributed by atoms with Crippen molar-refractivity contribution in [3.05, 3.63) is 98.8 Å². The van der Waals surface area contributed by atoms with Crippen LogP contribution in [0.1, 0.15) is 30.0 Å². The van der Waals surface area contributed by atoms with E-state index in [0.717, 1.165) is 34.2 Å². The molecule has 37 heavy (non-hydrogen) atoms. The summed E-state index contributed by atoms with van der Waals surface area (Å²) in [4.78, 5) is 39.9. The van der Waals surface area contributed by atoms with Crippen molar-refractivity contribution in [1.29, 1.82) is 0 Å². The van der Waals surface area contributed by atoms with E-state index in [9.17, 15) is 14.4 Å². The average Bonchev–Trinajstić information content (AvgIpc) is 2.91. The monoisotopic (exact) mass is 496 g/mol. The van der Waals surface area contributed by atoms with Crippen LogP contribution in [0.2, 0.25) is 0 Å². The molecule has 2 bridgehead atoms. The molecule has 2 aromatic heterocycles. The van der Waals surface area contributed by atoms with Gasteiger partial charge in [0.2, 0.25) is 5.91 Å². The molecule has 4 aromatic rings. The molecule has 0 spiro atoms. The Balaban J connectivity index is 1.25. The third-order valence-corrected chi connectivity index (χ3v) is 7.67. The molecule has 1 fully saturated rings. The Hall–Kier alpha value is -4.13. The van der Waals surface area contributed by atoms with Gasteiger partial charge in [-0.05, 0) is 47.6 Å². The number of rotatable bonds is 5. The molecule has 0 radical (unpaired) electrons. The van der Waals surface area contributed by atoms with Crippen molar-refractivity contribution in [2.24, 2.45) is 5.92 Å². The maximum absolute atomic E-state index is 13.3. The maximum atomic E-state index is 13.3. The number of aryl methyl sites for hydroxylation is 1. The van der Waals surface area contributed by atoms with Crippen LogP contribution in [0.3, 0.4) is 0 Å². The summed E-state index contributed by atoms with van der Waals surface area (Å²) in [5, 5.41) is 0.809. The van der Waals surface area contributed by atoms with Crippen molar-refractivity contribution in [2.75, 3.05) is 20.2 Å². The summed E-state index contributed by atoms with van der Waals surface area (Å²) in [5.41, 5.74) is 3.72. The molecule has 2 aromatic carbocycles. The summed E-state index contributed by atoms with van der Waals surface area (Å²) in [7, 11) is 1.58. The quantitative estimate of drug-likeness (QED) is 0.387. The number of ether oxygens (including phenoxy) is 1. The smallest absolute Gasteiger partial charge is 0.336 e. The van der Waals surface area contributed by atoms with Gasteiger partial charge in [-0.25, -0.2) is 4.79 Å². The molecular formula is C30H28N2O5. The van der Waals surface area contributed by atoms with Gasteiger partial charge in [-0.1, -0.05) is 36.4 Å². The Morgan fingerprint density at radius 1 is 1.00 bits per heavy atom. The minimum atomic E-state index is -0.421. The van der Waals surface area contributed by atoms with Gasteiger partial charge in [0.15, 0.2) is 0 Å². The summed E-state index contributed by atoms with van der Waals surface area (Å²) in [6, 6.07) is 20.4. The number of methoxy groups -OCH3 is 1. The summed E-state index contributed by atoms with van der Waals surface area (Å²) in [5.74, 6) is 1.18. The van der Waals surface area contributed by atoms with Crippen LogP contribution >= 0.6 is 0 Å². The van der Waals surface area contributed by atoms with Crippen LogP contribution in [0.4, 0.5) is 0 Å². The first-order chi connectivity index (χ1) is 18.0. The molecule has 188 valence electrons. The average molecular weight is 497 g/mol. The van der Waals surface area contributed by atoms with Gasteiger partial charge in [-0.3, -0.25) is 9.59 Å². The third-order valence-electron chi connectivity index (χ3n) is 7.67. The summed E-state index contributed by atoms with van der Waals surface area (Å²) < 4.78 is 13.0. The first kappa shape index (κ1) is 23.3. The van der Waals surface area contributed by atoms with Crippen LogP contribution < -0.4 is 15.9 Å². The van der Waals surface area contributed by atoms with Gasteiger partial charge in [0.05, 0.1) is 7.11 Å². The fourth-order valence-corrected chi connectivity index (χ4v) is 5.98. The van der Waals surface area contributed by atoms with Crippen molar-refractivity contribution < 1.29 is 13.9 Å². The Morgan fingerprint density at radius 2 is 1.84 bits per heavy atom. The van der Waals surface area contributed by atoms with Crippen LogP contribution in [-0.2, 0) is 17.8 Å². The highest BCUT2D eigenvalue weighted by atomic mass is 16.5. The van der Waals surface area contributed by atoms with E-state index < -0.39 is 5.63 Å². The van der Waals surface area contributed by atoms with Crippen LogP contribution in [0, 0.1) is 5.92 Å². The Kier molecular flexibility index (Phi) is 5.91. The largest absolute Gasteiger partial charge is 0.496 e. The Bertz CT molecular complexity index is 1600. The molecule has 0 aliphatic carbocycles. The number of amides is 1. The van der Waals surface area contributed by atoms with E-state index in [1.807, 2.05) is 58.0 Å². The van der Waals surface area contributed by atoms with E-state index in [1.54, 1.807) is 19.2 Å². The molecule has 2 aliphatic rings. The van der Waals surface area contributed by atoms with E-state index in [1.165, 1.54) is 6.07 Å². The fourth-order valence-electron chi connectivity index (χ4n) is 5.98. The van der Waals surface area contributed by atoms with Gasteiger partial charge in [-0.2, -0.15) is 0 Å². The van der Waals surface area contributed by atoms with E-state index in [-0.39, 0.29) is 17.4 Å². The van der Waals surface area contributed by atoms with Crippen molar-refractivity contribution in [1.82, 2.24) is 9.47 Å². The first-order valence-corrected chi connectivity index (χ1v) is 12.7. The number of carbonyl (C=O) groups is 1. The van der Waals surface area contributed by atoms with Gasteiger partial charge in [0, 0.05) is 61.3 Å². The number of carbonyl (C=O) groups excluding carboxylic acids is 1. The number of piperidine rings is 1. The van der Waals surface area contributed by atoms with Crippen LogP contribution in [0.25, 0.3) is 22.1 Å². The zero-order chi connectivity index (χ0) is 25.5. The van der Waals surface area contributed by atoms with Crippen LogP contribution in [0.5, 0.6) is 5.75 Å². The number of likely N-dealkylation sites (tertiary alicyclic amines) is 1. The molecule has 1 saturated heterocycles. The second kappa shape index (κ2) is 9.39. The van der Waals surface area contributed by atoms with E-state index >= 15 is 0 Å². The minimum Gasteiger partial charge on any atom is -0.496 e. The summed E-state index contributed by atoms with van der Waals surface area (Å²) >= 11 is 0. The molecule has 1 amide bonds. The fraction of sp³-hybridized carbons (Fsp3) is 0.300. The van der Waals surface area contributed by atoms with E-state index in [0.29, 0.717) is 49.7 Å². The van der Waals surface area contributed by atoms with Crippen LogP contribution in [0.15, 0.2) is 80.7 Å². The van der Waals surface area contributed by atoms with Crippen LogP contribution in [-0.4, -0.2) is 35.6 Å². The minimum absolute atomic E-state index is 0.0427. The SMILES string of the molecule is COc1cc2oc(=O)cc(-c3ccccc3)c2cc1CCC(=O)N1C[C@H]2C[C@@H](C1)c1cccc(=O)n1C2. The molecule has 2 aliphatic heterocycles. The summed E-state index contributed by atoms with van der Waals surface area (Å²) in [6.07, 6.45) is 1.87. The highest BCUT2D eigenvalue weighted by Crippen LogP contribution is 2.36. The standard InChI is InChI=1S/C30H28N2O5/c1-36-26-15-27-24(23(14-30(35)37-27)20-6-3-2-4-7-20)13-21(26)10-11-28(33)31-16-19-12-22(18-31)25-8-5-9-29(34)32(25)17-19/h2-9,13-15,19,22H,10-12,16-18H2,1H3/t19-,22+/m1/s1. The Morgan fingerprint density at radius 3 is 2.65 bits per heavy atom. The first-order valence-electron chi connectivity index (χ1n) is 12.7. The predicted octanol–water partition coefficient (Wildman–Crippen LogP) is 4.21. The van der Waals surface area contributed by atoms with Crippen molar-refractivity contribution in [3.63, 3.8) is 0 Å². The van der Waals surface area contributed by atoms with E-state index in [4.69, 9.17) is 9.15 Å². The van der Waals surface area contributed by atoms with E-state index in [2.05, 4.69) is 0 Å². The van der Waals surface area contributed by atoms with Gasteiger partial charge < -0.3 is 18.6 Å². The Labute approximate surface area is 213 Å². The van der Waals surface area contributed by atoms with Gasteiger partial charge in [-0.15, -0.1) is 0 Å². The molecule has 0 N–H and O–H groups in total. The number of benzene rings is 2. The number of fused-ring (bicyclic) bond motifs is 5. The molecular weight excluding hydrogens is 468 g/mol. The molecule has 0 saturated carbocycles. The number of hydrogen-bond acceptors (Lipinski definition) is 5. The zero-order valence-electron chi connectivity index (χ0n) is 20.7. The lowest BCUT2D eigenvalue weighted by molar-refractivity contribution is -0.133. The lowest BCUT2D eigenvalue weighted by Gasteiger charge is -2.42. The topological polar surface area (TPSA) is 81.8 Å². The molecule has 4 heterocycles. The molecule has 7 heteroatoms. The maximum Gasteiger partial charge on any atom is 0.336 e. The van der Waals surface area contributed by atoms with Crippen molar-refractivity contribution >= 4 is 16.9 Å². The normalized spacial score (nSPS) is 18.5. The molecule has 7 nitrogen and oxygen atoms in total. The zero-order valence-corrected chi connectivity index (χ0v) is 20.7. The van der Waals surface area contributed by atoms with Gasteiger partial charge in [0.25, 0.3) is 5.56 Å². The summed E-state index contributed by atoms with van der Waals surface area (Å²) in [6.45, 7) is 1.98. The molecule has 2 atom stereocenters. The molecule has 0 unspecified atom stereocenters.